The molecule has 420 valence electrons. The van der Waals surface area contributed by atoms with E-state index in [1.165, 1.54) is 66.0 Å². The van der Waals surface area contributed by atoms with Crippen LogP contribution in [0, 0.1) is 11.6 Å². The first-order valence-electron chi connectivity index (χ1n) is 25.3. The first-order chi connectivity index (χ1) is 36.1. The summed E-state index contributed by atoms with van der Waals surface area (Å²) < 4.78 is 94.7. The van der Waals surface area contributed by atoms with Gasteiger partial charge in [-0.2, -0.15) is 4.31 Å². The third-order valence-corrected chi connectivity index (χ3v) is 20.1. The van der Waals surface area contributed by atoms with E-state index in [0.29, 0.717) is 47.9 Å². The van der Waals surface area contributed by atoms with E-state index in [0.717, 1.165) is 37.1 Å². The number of ether oxygens (including phenoxy) is 2. The predicted molar refractivity (Wildman–Crippen MR) is 307 cm³/mol. The Morgan fingerprint density at radius 2 is 1.04 bits per heavy atom. The molecule has 1 saturated heterocycles. The van der Waals surface area contributed by atoms with Gasteiger partial charge in [0.1, 0.15) is 25.1 Å². The molecular formula is C53H68Cl3F2N5O10S2Si2. The molecule has 77 heavy (non-hydrogen) atoms. The molecule has 2 amide bonds. The zero-order valence-electron chi connectivity index (χ0n) is 44.1. The predicted octanol–water partition coefficient (Wildman–Crippen LogP) is 12.4. The van der Waals surface area contributed by atoms with Crippen LogP contribution in [0.1, 0.15) is 65.7 Å². The number of anilines is 2. The van der Waals surface area contributed by atoms with Gasteiger partial charge in [-0.05, 0) is 111 Å². The summed E-state index contributed by atoms with van der Waals surface area (Å²) >= 11 is 11.6. The van der Waals surface area contributed by atoms with Crippen LogP contribution in [0.2, 0.25) is 61.4 Å². The van der Waals surface area contributed by atoms with E-state index in [9.17, 15) is 40.3 Å². The summed E-state index contributed by atoms with van der Waals surface area (Å²) in [5.41, 5.74) is 1.83. The number of carbonyl (C=O) groups excluding carboxylic acids is 2. The highest BCUT2D eigenvalue weighted by atomic mass is 35.7. The fourth-order valence-corrected chi connectivity index (χ4v) is 12.5. The maximum absolute atomic E-state index is 13.6. The van der Waals surface area contributed by atoms with Gasteiger partial charge in [0.2, 0.25) is 10.0 Å². The van der Waals surface area contributed by atoms with Gasteiger partial charge >= 0.3 is 0 Å². The molecule has 2 aliphatic rings. The molecule has 24 heteroatoms. The lowest BCUT2D eigenvalue weighted by molar-refractivity contribution is 0.0901. The zero-order chi connectivity index (χ0) is 56.5. The molecule has 4 N–H and O–H groups in total. The second kappa shape index (κ2) is 26.8. The monoisotopic (exact) mass is 1200 g/mol. The Morgan fingerprint density at radius 1 is 0.623 bits per heavy atom. The molecule has 0 bridgehead atoms. The van der Waals surface area contributed by atoms with Gasteiger partial charge in [-0.25, -0.2) is 25.6 Å². The van der Waals surface area contributed by atoms with Gasteiger partial charge in [0, 0.05) is 87.7 Å². The van der Waals surface area contributed by atoms with Crippen LogP contribution in [0.25, 0.3) is 21.8 Å². The molecular weight excluding hydrogens is 1130 g/mol. The molecule has 1 saturated carbocycles. The molecule has 3 heterocycles. The number of sulfonamides is 1. The minimum absolute atomic E-state index is 0.0225. The van der Waals surface area contributed by atoms with Gasteiger partial charge in [-0.1, -0.05) is 81.7 Å². The number of fused-ring (bicyclic) bond motifs is 2. The lowest BCUT2D eigenvalue weighted by Crippen LogP contribution is -2.40. The van der Waals surface area contributed by atoms with Crippen molar-refractivity contribution in [2.24, 2.45) is 0 Å². The molecule has 15 nitrogen and oxygen atoms in total. The first-order valence-corrected chi connectivity index (χ1v) is 37.3. The highest BCUT2D eigenvalue weighted by molar-refractivity contribution is 8.13. The summed E-state index contributed by atoms with van der Waals surface area (Å²) in [6, 6.07) is 18.5. The van der Waals surface area contributed by atoms with Crippen molar-refractivity contribution in [1.82, 2.24) is 13.4 Å². The van der Waals surface area contributed by atoms with Crippen LogP contribution in [0.4, 0.5) is 20.2 Å². The van der Waals surface area contributed by atoms with Gasteiger partial charge in [0.25, 0.3) is 20.9 Å². The number of aliphatic hydroxyl groups excluding tert-OH is 2. The van der Waals surface area contributed by atoms with Crippen LogP contribution < -0.4 is 10.6 Å². The molecule has 0 atom stereocenters. The highest BCUT2D eigenvalue weighted by Crippen LogP contribution is 2.32. The van der Waals surface area contributed by atoms with Crippen molar-refractivity contribution in [3.63, 3.8) is 0 Å². The van der Waals surface area contributed by atoms with Crippen molar-refractivity contribution in [3.05, 3.63) is 118 Å². The third-order valence-electron chi connectivity index (χ3n) is 12.9. The van der Waals surface area contributed by atoms with E-state index in [2.05, 4.69) is 49.9 Å². The van der Waals surface area contributed by atoms with Crippen LogP contribution in [0.5, 0.6) is 0 Å². The van der Waals surface area contributed by atoms with Crippen LogP contribution in [-0.4, -0.2) is 107 Å². The number of rotatable bonds is 17. The molecule has 2 aromatic heterocycles. The number of nitrogens with zero attached hydrogens (tertiary/aromatic N) is 3. The Morgan fingerprint density at radius 3 is 1.43 bits per heavy atom. The Hall–Kier alpha value is -4.24. The van der Waals surface area contributed by atoms with Crippen LogP contribution >= 0.6 is 33.9 Å². The number of aromatic nitrogens is 2. The van der Waals surface area contributed by atoms with E-state index in [-0.39, 0.29) is 75.0 Å². The fourth-order valence-electron chi connectivity index (χ4n) is 8.37. The van der Waals surface area contributed by atoms with E-state index in [4.69, 9.17) is 48.5 Å². The summed E-state index contributed by atoms with van der Waals surface area (Å²) in [7, 11) is -5.00. The first kappa shape index (κ1) is 62.0. The molecule has 1 aliphatic carbocycles. The van der Waals surface area contributed by atoms with E-state index < -0.39 is 64.8 Å². The van der Waals surface area contributed by atoms with Crippen LogP contribution in [0.15, 0.2) is 95.0 Å². The van der Waals surface area contributed by atoms with Gasteiger partial charge in [0.15, 0.2) is 0 Å². The quantitative estimate of drug-likeness (QED) is 0.0387. The lowest BCUT2D eigenvalue weighted by Gasteiger charge is -2.29. The lowest BCUT2D eigenvalue weighted by atomic mass is 9.98. The van der Waals surface area contributed by atoms with Gasteiger partial charge in [0.05, 0.1) is 54.2 Å². The van der Waals surface area contributed by atoms with Crippen molar-refractivity contribution in [1.29, 1.82) is 0 Å². The van der Waals surface area contributed by atoms with Crippen molar-refractivity contribution >= 4 is 114 Å². The average Bonchev–Trinajstić information content (AvgIpc) is 4.04. The summed E-state index contributed by atoms with van der Waals surface area (Å²) in [6.45, 7) is 15.5. The Kier molecular flexibility index (Phi) is 21.6. The fraction of sp³-hybridized carbons (Fsp3) is 0.434. The summed E-state index contributed by atoms with van der Waals surface area (Å²) in [5, 5.41) is 24.8. The van der Waals surface area contributed by atoms with Crippen molar-refractivity contribution < 1.29 is 54.9 Å². The smallest absolute Gasteiger partial charge is 0.261 e. The molecule has 4 aromatic carbocycles. The number of piperidine rings is 1. The minimum Gasteiger partial charge on any atom is -0.393 e. The standard InChI is InChI=1S/C26H33ClFN3O5SSi.C21H23Cl2FN2O4SSi.C6H12O/c1-38(2,3)13-12-36-17-30-9-8-21-22(26(33)29-18-4-5-24(28)23(27)14-18)15-20(16-25(21)30)37(34,35)31-10-6-19(32)7-11-31;1-32(2,3)9-8-30-13-26-7-6-16-17(11-15(12-20(16)26)31(23,28)29)21(27)25-14-4-5-19(24)18(22)10-14;7-6-4-2-1-3-5-6/h4-5,8-9,14-16,19,32H,6-7,10-13,17H2,1-3H3,(H,29,33);4-7,10-12H,8-9,13H2,1-3H3,(H,25,27);6-7H,1-5H2. The molecule has 6 aromatic rings. The number of nitrogens with one attached hydrogen (secondary N) is 2. The minimum atomic E-state index is -4.10. The van der Waals surface area contributed by atoms with Crippen LogP contribution in [-0.2, 0) is 42.0 Å². The summed E-state index contributed by atoms with van der Waals surface area (Å²) in [4.78, 5) is 26.1. The van der Waals surface area contributed by atoms with Gasteiger partial charge in [-0.15, -0.1) is 0 Å². The van der Waals surface area contributed by atoms with Crippen LogP contribution in [0.3, 0.4) is 0 Å². The average molecular weight is 1200 g/mol. The second-order valence-corrected chi connectivity index (χ2v) is 38.2. The van der Waals surface area contributed by atoms with E-state index in [1.807, 2.05) is 0 Å². The van der Waals surface area contributed by atoms with Crippen molar-refractivity contribution in [2.45, 2.75) is 132 Å². The zero-order valence-corrected chi connectivity index (χ0v) is 50.0. The molecule has 8 rings (SSSR count). The van der Waals surface area contributed by atoms with Crippen molar-refractivity contribution in [3.8, 4) is 0 Å². The topological polar surface area (TPSA) is 198 Å². The molecule has 0 radical (unpaired) electrons. The second-order valence-electron chi connectivity index (χ2n) is 21.6. The molecule has 0 spiro atoms. The molecule has 0 unspecified atom stereocenters. The Bertz CT molecular complexity index is 3270. The van der Waals surface area contributed by atoms with Gasteiger partial charge in [-0.3, -0.25) is 9.59 Å². The summed E-state index contributed by atoms with van der Waals surface area (Å²) in [5.74, 6) is -2.37. The number of hydrogen-bond donors (Lipinski definition) is 4. The number of hydrogen-bond acceptors (Lipinski definition) is 10. The highest BCUT2D eigenvalue weighted by Gasteiger charge is 2.31. The summed E-state index contributed by atoms with van der Waals surface area (Å²) in [6.07, 6.45) is 9.57. The van der Waals surface area contributed by atoms with Crippen molar-refractivity contribution in [2.75, 3.05) is 36.9 Å². The van der Waals surface area contributed by atoms with E-state index >= 15 is 0 Å². The number of aliphatic hydroxyl groups is 2. The molecule has 1 aliphatic heterocycles. The molecule has 2 fully saturated rings. The van der Waals surface area contributed by atoms with E-state index in [1.54, 1.807) is 39.7 Å². The van der Waals surface area contributed by atoms with Gasteiger partial charge < -0.3 is 39.5 Å². The number of halogens is 5. The SMILES string of the molecule is C[Si](C)(C)CCOCn1ccc2c(C(=O)Nc3ccc(F)c(Cl)c3)cc(S(=O)(=O)Cl)cc21.C[Si](C)(C)CCOCn1ccc2c(C(=O)Nc3ccc(F)c(Cl)c3)cc(S(=O)(=O)N3CCC(O)CC3)cc21.OC1CCCCC1. The normalized spacial score (nSPS) is 15.2. The third kappa shape index (κ3) is 17.9. The maximum Gasteiger partial charge on any atom is 0.261 e. The maximum atomic E-state index is 13.6. The Labute approximate surface area is 466 Å². The Balaban J connectivity index is 0.000000223. The number of benzene rings is 4. The number of carbonyl (C=O) groups is 2. The number of amides is 2. The largest absolute Gasteiger partial charge is 0.393 e.